The summed E-state index contributed by atoms with van der Waals surface area (Å²) in [5, 5.41) is 11.8. The van der Waals surface area contributed by atoms with Gasteiger partial charge in [0.05, 0.1) is 17.5 Å². The van der Waals surface area contributed by atoms with Crippen LogP contribution in [0.5, 0.6) is 0 Å². The Labute approximate surface area is 168 Å². The van der Waals surface area contributed by atoms with Gasteiger partial charge < -0.3 is 5.11 Å². The van der Waals surface area contributed by atoms with E-state index in [1.165, 1.54) is 16.5 Å². The Kier molecular flexibility index (Phi) is 3.24. The number of carboxylic acid groups (broad SMARTS) is 1. The van der Waals surface area contributed by atoms with Gasteiger partial charge in [-0.25, -0.2) is 0 Å². The maximum absolute atomic E-state index is 11.7. The Bertz CT molecular complexity index is 1340. The largest absolute Gasteiger partial charge is 0.481 e. The number of aliphatic carboxylic acids is 1. The predicted molar refractivity (Wildman–Crippen MR) is 113 cm³/mol. The summed E-state index contributed by atoms with van der Waals surface area (Å²) < 4.78 is 0. The highest BCUT2D eigenvalue weighted by molar-refractivity contribution is 6.07. The molecule has 0 spiro atoms. The molecular weight excluding hydrogens is 360 g/mol. The first-order valence-electron chi connectivity index (χ1n) is 10.1. The fourth-order valence-corrected chi connectivity index (χ4v) is 5.54. The number of carbonyl (C=O) groups is 1. The molecule has 2 aliphatic rings. The van der Waals surface area contributed by atoms with Crippen molar-refractivity contribution in [2.45, 2.75) is 32.1 Å². The van der Waals surface area contributed by atoms with Crippen LogP contribution in [0.1, 0.15) is 41.1 Å². The van der Waals surface area contributed by atoms with Crippen LogP contribution in [-0.4, -0.2) is 21.0 Å². The first kappa shape index (κ1) is 16.7. The first-order valence-corrected chi connectivity index (χ1v) is 10.1. The molecule has 2 aromatic heterocycles. The number of para-hydroxylation sites is 1. The number of carboxylic acids is 1. The summed E-state index contributed by atoms with van der Waals surface area (Å²) in [6, 6.07) is 14.5. The molecule has 1 saturated carbocycles. The lowest BCUT2D eigenvalue weighted by Crippen LogP contribution is -2.07. The number of hydrogen-bond acceptors (Lipinski definition) is 3. The topological polar surface area (TPSA) is 63.1 Å². The lowest BCUT2D eigenvalue weighted by molar-refractivity contribution is -0.136. The van der Waals surface area contributed by atoms with Crippen molar-refractivity contribution in [2.75, 3.05) is 0 Å². The van der Waals surface area contributed by atoms with E-state index in [0.29, 0.717) is 17.8 Å². The lowest BCUT2D eigenvalue weighted by Gasteiger charge is -2.17. The third kappa shape index (κ3) is 2.17. The van der Waals surface area contributed by atoms with E-state index in [9.17, 15) is 9.90 Å². The van der Waals surface area contributed by atoms with Crippen LogP contribution in [0.2, 0.25) is 0 Å². The van der Waals surface area contributed by atoms with E-state index in [-0.39, 0.29) is 6.42 Å². The molecule has 3 atom stereocenters. The third-order valence-electron chi connectivity index (χ3n) is 6.85. The Morgan fingerprint density at radius 3 is 2.62 bits per heavy atom. The number of aromatic nitrogens is 2. The fourth-order valence-electron chi connectivity index (χ4n) is 5.54. The molecule has 4 aromatic rings. The van der Waals surface area contributed by atoms with Crippen molar-refractivity contribution >= 4 is 27.8 Å². The second kappa shape index (κ2) is 5.63. The second-order valence-corrected chi connectivity index (χ2v) is 8.38. The van der Waals surface area contributed by atoms with Gasteiger partial charge in [-0.2, -0.15) is 0 Å². The van der Waals surface area contributed by atoms with Crippen molar-refractivity contribution in [3.05, 3.63) is 71.0 Å². The maximum Gasteiger partial charge on any atom is 0.307 e. The molecule has 6 rings (SSSR count). The normalized spacial score (nSPS) is 21.5. The van der Waals surface area contributed by atoms with Crippen LogP contribution >= 0.6 is 0 Å². The fraction of sp³-hybridized carbons (Fsp3) is 0.240. The van der Waals surface area contributed by atoms with Crippen LogP contribution in [0.3, 0.4) is 0 Å². The van der Waals surface area contributed by atoms with Gasteiger partial charge in [0.1, 0.15) is 0 Å². The molecule has 0 amide bonds. The van der Waals surface area contributed by atoms with Gasteiger partial charge >= 0.3 is 5.97 Å². The third-order valence-corrected chi connectivity index (χ3v) is 6.85. The summed E-state index contributed by atoms with van der Waals surface area (Å²) in [6.07, 6.45) is 1.86. The molecule has 4 heteroatoms. The smallest absolute Gasteiger partial charge is 0.307 e. The Hall–Kier alpha value is -3.27. The van der Waals surface area contributed by atoms with Gasteiger partial charge in [0.2, 0.25) is 0 Å². The molecule has 3 unspecified atom stereocenters. The van der Waals surface area contributed by atoms with Gasteiger partial charge in [-0.05, 0) is 59.1 Å². The number of benzene rings is 2. The average molecular weight is 380 g/mol. The van der Waals surface area contributed by atoms with Crippen molar-refractivity contribution in [3.8, 4) is 11.1 Å². The zero-order chi connectivity index (χ0) is 19.9. The van der Waals surface area contributed by atoms with Crippen LogP contribution in [0.15, 0.2) is 48.7 Å². The number of pyridine rings is 2. The van der Waals surface area contributed by atoms with E-state index in [1.807, 2.05) is 37.4 Å². The van der Waals surface area contributed by atoms with E-state index in [4.69, 9.17) is 4.98 Å². The summed E-state index contributed by atoms with van der Waals surface area (Å²) in [6.45, 7) is 4.22. The average Bonchev–Trinajstić information content (AvgIpc) is 3.24. The summed E-state index contributed by atoms with van der Waals surface area (Å²) in [5.74, 6) is 1.08. The maximum atomic E-state index is 11.7. The molecule has 142 valence electrons. The number of aryl methyl sites for hydroxylation is 1. The Morgan fingerprint density at radius 1 is 1.07 bits per heavy atom. The monoisotopic (exact) mass is 380 g/mol. The highest BCUT2D eigenvalue weighted by Crippen LogP contribution is 2.67. The van der Waals surface area contributed by atoms with Crippen molar-refractivity contribution in [1.82, 2.24) is 9.97 Å². The van der Waals surface area contributed by atoms with Crippen LogP contribution < -0.4 is 0 Å². The molecule has 1 N–H and O–H groups in total. The first-order chi connectivity index (χ1) is 14.1. The summed E-state index contributed by atoms with van der Waals surface area (Å²) in [4.78, 5) is 21.1. The summed E-state index contributed by atoms with van der Waals surface area (Å²) >= 11 is 0. The van der Waals surface area contributed by atoms with E-state index in [1.54, 1.807) is 0 Å². The molecular formula is C25H20N2O2. The summed E-state index contributed by atoms with van der Waals surface area (Å²) in [5.41, 5.74) is 8.18. The van der Waals surface area contributed by atoms with Crippen molar-refractivity contribution in [3.63, 3.8) is 0 Å². The lowest BCUT2D eigenvalue weighted by atomic mass is 9.89. The molecule has 2 aliphatic carbocycles. The molecule has 4 nitrogen and oxygen atoms in total. The highest BCUT2D eigenvalue weighted by atomic mass is 16.4. The predicted octanol–water partition coefficient (Wildman–Crippen LogP) is 5.22. The molecule has 2 aromatic carbocycles. The number of rotatable bonds is 3. The molecule has 0 aliphatic heterocycles. The quantitative estimate of drug-likeness (QED) is 0.529. The number of hydrogen-bond donors (Lipinski definition) is 1. The second-order valence-electron chi connectivity index (χ2n) is 8.38. The molecule has 1 fully saturated rings. The Morgan fingerprint density at radius 2 is 1.83 bits per heavy atom. The van der Waals surface area contributed by atoms with Gasteiger partial charge in [0.25, 0.3) is 0 Å². The zero-order valence-corrected chi connectivity index (χ0v) is 16.3. The van der Waals surface area contributed by atoms with Crippen molar-refractivity contribution < 1.29 is 9.90 Å². The van der Waals surface area contributed by atoms with Crippen LogP contribution in [-0.2, 0) is 11.2 Å². The molecule has 2 heterocycles. The highest BCUT2D eigenvalue weighted by Gasteiger charge is 2.54. The van der Waals surface area contributed by atoms with Gasteiger partial charge in [-0.15, -0.1) is 0 Å². The number of fused-ring (bicyclic) bond motifs is 4. The molecule has 0 radical (unpaired) electrons. The molecule has 0 bridgehead atoms. The van der Waals surface area contributed by atoms with E-state index >= 15 is 0 Å². The number of nitrogens with zero attached hydrogens (tertiary/aromatic N) is 2. The standard InChI is InChI=1S/C25H20N2O2/c1-12-21-15-7-8-17(25-24(15)16(22(12)21)9-10-26-25)23-14-5-3-4-6-19(14)27-13(2)18(23)11-20(28)29/h3-10,12,21-22H,11H2,1-2H3,(H,28,29). The van der Waals surface area contributed by atoms with Crippen LogP contribution in [0, 0.1) is 12.8 Å². The zero-order valence-electron chi connectivity index (χ0n) is 16.3. The SMILES string of the molecule is Cc1nc2ccccc2c(-c2ccc3c4c(ccnc24)C2C(C)C32)c1CC(=O)O. The van der Waals surface area contributed by atoms with E-state index < -0.39 is 5.97 Å². The summed E-state index contributed by atoms with van der Waals surface area (Å²) in [7, 11) is 0. The van der Waals surface area contributed by atoms with Gasteiger partial charge in [-0.3, -0.25) is 14.8 Å². The van der Waals surface area contributed by atoms with Gasteiger partial charge in [0, 0.05) is 28.2 Å². The molecule has 0 saturated heterocycles. The van der Waals surface area contributed by atoms with Crippen molar-refractivity contribution in [1.29, 1.82) is 0 Å². The minimum absolute atomic E-state index is 0.0514. The van der Waals surface area contributed by atoms with E-state index in [0.717, 1.165) is 38.8 Å². The van der Waals surface area contributed by atoms with Gasteiger partial charge in [0.15, 0.2) is 0 Å². The minimum Gasteiger partial charge on any atom is -0.481 e. The van der Waals surface area contributed by atoms with Gasteiger partial charge in [-0.1, -0.05) is 37.3 Å². The van der Waals surface area contributed by atoms with Crippen LogP contribution in [0.4, 0.5) is 0 Å². The molecule has 29 heavy (non-hydrogen) atoms. The van der Waals surface area contributed by atoms with Crippen molar-refractivity contribution in [2.24, 2.45) is 5.92 Å². The minimum atomic E-state index is -0.847. The Balaban J connectivity index is 1.72. The van der Waals surface area contributed by atoms with Crippen LogP contribution in [0.25, 0.3) is 32.9 Å². The van der Waals surface area contributed by atoms with E-state index in [2.05, 4.69) is 30.1 Å².